The van der Waals surface area contributed by atoms with Crippen molar-refractivity contribution >= 4 is 21.8 Å². The van der Waals surface area contributed by atoms with Crippen molar-refractivity contribution in [3.05, 3.63) is 40.5 Å². The zero-order chi connectivity index (χ0) is 18.0. The second kappa shape index (κ2) is 7.03. The van der Waals surface area contributed by atoms with Gasteiger partial charge in [-0.3, -0.25) is 4.79 Å². The van der Waals surface area contributed by atoms with Crippen molar-refractivity contribution < 1.29 is 27.1 Å². The Bertz CT molecular complexity index is 766. The van der Waals surface area contributed by atoms with E-state index in [9.17, 15) is 18.0 Å². The minimum Gasteiger partial charge on any atom is -0.458 e. The zero-order valence-electron chi connectivity index (χ0n) is 12.8. The Labute approximate surface area is 149 Å². The monoisotopic (exact) mass is 419 g/mol. The Morgan fingerprint density at radius 3 is 2.84 bits per heavy atom. The zero-order valence-corrected chi connectivity index (χ0v) is 14.4. The summed E-state index contributed by atoms with van der Waals surface area (Å²) < 4.78 is 49.2. The summed E-state index contributed by atoms with van der Waals surface area (Å²) in [5, 5.41) is 0. The molecule has 1 atom stereocenters. The molecule has 6 nitrogen and oxygen atoms in total. The Morgan fingerprint density at radius 2 is 2.16 bits per heavy atom. The molecule has 1 saturated heterocycles. The van der Waals surface area contributed by atoms with E-state index in [0.717, 1.165) is 12.3 Å². The summed E-state index contributed by atoms with van der Waals surface area (Å²) in [4.78, 5) is 21.0. The molecule has 10 heteroatoms. The fourth-order valence-corrected chi connectivity index (χ4v) is 2.82. The van der Waals surface area contributed by atoms with E-state index in [4.69, 9.17) is 9.15 Å². The topological polar surface area (TPSA) is 68.5 Å². The maximum atomic E-state index is 12.7. The quantitative estimate of drug-likeness (QED) is 0.760. The molecule has 25 heavy (non-hydrogen) atoms. The molecule has 2 aromatic rings. The molecule has 2 aromatic heterocycles. The summed E-state index contributed by atoms with van der Waals surface area (Å²) in [6, 6.07) is 3.59. The third-order valence-corrected chi connectivity index (χ3v) is 4.07. The molecule has 0 saturated carbocycles. The molecule has 0 spiro atoms. The number of amides is 1. The van der Waals surface area contributed by atoms with Crippen LogP contribution in [0.15, 0.2) is 33.5 Å². The standard InChI is InChI=1S/C15H13BrF3N3O3/c16-12-4-3-10(25-12)13(23)22-7-1-2-9(8-22)24-14-20-6-5-11(21-14)15(17,18)19/h3-6,9H,1-2,7-8H2. The number of furan rings is 1. The van der Waals surface area contributed by atoms with Gasteiger partial charge in [-0.2, -0.15) is 18.2 Å². The van der Waals surface area contributed by atoms with Gasteiger partial charge in [0.25, 0.3) is 5.91 Å². The average molecular weight is 420 g/mol. The molecule has 3 heterocycles. The van der Waals surface area contributed by atoms with Gasteiger partial charge in [0.05, 0.1) is 6.54 Å². The van der Waals surface area contributed by atoms with Crippen molar-refractivity contribution in [2.24, 2.45) is 0 Å². The maximum Gasteiger partial charge on any atom is 0.433 e. The summed E-state index contributed by atoms with van der Waals surface area (Å²) in [6.45, 7) is 0.733. The highest BCUT2D eigenvalue weighted by Gasteiger charge is 2.34. The lowest BCUT2D eigenvalue weighted by Crippen LogP contribution is -2.44. The molecule has 1 fully saturated rings. The van der Waals surface area contributed by atoms with Crippen LogP contribution in [0.3, 0.4) is 0 Å². The molecule has 0 aliphatic carbocycles. The van der Waals surface area contributed by atoms with E-state index in [1.807, 2.05) is 0 Å². The number of aromatic nitrogens is 2. The number of piperidine rings is 1. The van der Waals surface area contributed by atoms with Crippen molar-refractivity contribution in [3.63, 3.8) is 0 Å². The van der Waals surface area contributed by atoms with Crippen molar-refractivity contribution in [3.8, 4) is 6.01 Å². The van der Waals surface area contributed by atoms with Crippen LogP contribution >= 0.6 is 15.9 Å². The number of hydrogen-bond donors (Lipinski definition) is 0. The van der Waals surface area contributed by atoms with E-state index in [2.05, 4.69) is 25.9 Å². The third kappa shape index (κ3) is 4.30. The predicted molar refractivity (Wildman–Crippen MR) is 83.0 cm³/mol. The second-order valence-electron chi connectivity index (χ2n) is 5.46. The SMILES string of the molecule is O=C(c1ccc(Br)o1)N1CCCC(Oc2nccc(C(F)(F)F)n2)C1. The summed E-state index contributed by atoms with van der Waals surface area (Å²) in [5.74, 6) is -0.119. The normalized spacial score (nSPS) is 18.2. The molecule has 1 aliphatic heterocycles. The Balaban J connectivity index is 1.67. The molecule has 3 rings (SSSR count). The average Bonchev–Trinajstić information content (AvgIpc) is 3.00. The molecule has 0 N–H and O–H groups in total. The van der Waals surface area contributed by atoms with Crippen LogP contribution in [0.1, 0.15) is 29.1 Å². The van der Waals surface area contributed by atoms with Gasteiger partial charge in [-0.1, -0.05) is 0 Å². The lowest BCUT2D eigenvalue weighted by Gasteiger charge is -2.31. The van der Waals surface area contributed by atoms with E-state index in [0.29, 0.717) is 24.1 Å². The molecule has 0 bridgehead atoms. The van der Waals surface area contributed by atoms with Gasteiger partial charge in [0.15, 0.2) is 16.1 Å². The highest BCUT2D eigenvalue weighted by atomic mass is 79.9. The minimum absolute atomic E-state index is 0.183. The Kier molecular flexibility index (Phi) is 4.98. The van der Waals surface area contributed by atoms with Crippen molar-refractivity contribution in [2.75, 3.05) is 13.1 Å². The molecule has 134 valence electrons. The summed E-state index contributed by atoms with van der Waals surface area (Å²) >= 11 is 3.13. The molecular weight excluding hydrogens is 407 g/mol. The third-order valence-electron chi connectivity index (χ3n) is 3.65. The van der Waals surface area contributed by atoms with E-state index in [1.165, 1.54) is 4.90 Å². The molecule has 1 aliphatic rings. The number of carbonyl (C=O) groups excluding carboxylic acids is 1. The summed E-state index contributed by atoms with van der Waals surface area (Å²) in [6.07, 6.45) is -2.82. The van der Waals surface area contributed by atoms with Crippen LogP contribution in [0.25, 0.3) is 0 Å². The number of rotatable bonds is 3. The van der Waals surface area contributed by atoms with Gasteiger partial charge >= 0.3 is 12.2 Å². The van der Waals surface area contributed by atoms with Crippen LogP contribution in [0.5, 0.6) is 6.01 Å². The molecule has 1 amide bonds. The number of alkyl halides is 3. The fraction of sp³-hybridized carbons (Fsp3) is 0.400. The first kappa shape index (κ1) is 17.7. The van der Waals surface area contributed by atoms with Gasteiger partial charge in [-0.15, -0.1) is 0 Å². The lowest BCUT2D eigenvalue weighted by atomic mass is 10.1. The van der Waals surface area contributed by atoms with Gasteiger partial charge in [0.2, 0.25) is 0 Å². The van der Waals surface area contributed by atoms with Gasteiger partial charge in [0.1, 0.15) is 6.10 Å². The van der Waals surface area contributed by atoms with Crippen LogP contribution < -0.4 is 4.74 Å². The van der Waals surface area contributed by atoms with E-state index >= 15 is 0 Å². The van der Waals surface area contributed by atoms with E-state index in [1.54, 1.807) is 12.1 Å². The first-order chi connectivity index (χ1) is 11.8. The van der Waals surface area contributed by atoms with Crippen molar-refractivity contribution in [1.29, 1.82) is 0 Å². The lowest BCUT2D eigenvalue weighted by molar-refractivity contribution is -0.141. The molecule has 1 unspecified atom stereocenters. The number of nitrogens with zero attached hydrogens (tertiary/aromatic N) is 3. The van der Waals surface area contributed by atoms with Crippen LogP contribution in [0.2, 0.25) is 0 Å². The number of ether oxygens (including phenoxy) is 1. The molecule has 0 radical (unpaired) electrons. The van der Waals surface area contributed by atoms with Crippen LogP contribution in [0, 0.1) is 0 Å². The highest BCUT2D eigenvalue weighted by Crippen LogP contribution is 2.28. The summed E-state index contributed by atoms with van der Waals surface area (Å²) in [5.41, 5.74) is -1.07. The Hall–Kier alpha value is -2.10. The fourth-order valence-electron chi connectivity index (χ4n) is 2.51. The van der Waals surface area contributed by atoms with E-state index < -0.39 is 18.0 Å². The smallest absolute Gasteiger partial charge is 0.433 e. The number of likely N-dealkylation sites (tertiary alicyclic amines) is 1. The van der Waals surface area contributed by atoms with Crippen molar-refractivity contribution in [2.45, 2.75) is 25.1 Å². The van der Waals surface area contributed by atoms with Crippen LogP contribution in [-0.2, 0) is 6.18 Å². The van der Waals surface area contributed by atoms with Crippen molar-refractivity contribution in [1.82, 2.24) is 14.9 Å². The first-order valence-electron chi connectivity index (χ1n) is 7.44. The van der Waals surface area contributed by atoms with Crippen LogP contribution in [-0.4, -0.2) is 40.0 Å². The second-order valence-corrected chi connectivity index (χ2v) is 6.24. The minimum atomic E-state index is -4.57. The van der Waals surface area contributed by atoms with Gasteiger partial charge in [-0.25, -0.2) is 4.98 Å². The largest absolute Gasteiger partial charge is 0.458 e. The number of carbonyl (C=O) groups is 1. The first-order valence-corrected chi connectivity index (χ1v) is 8.24. The summed E-state index contributed by atoms with van der Waals surface area (Å²) in [7, 11) is 0. The molecular formula is C15H13BrF3N3O3. The molecule has 0 aromatic carbocycles. The highest BCUT2D eigenvalue weighted by molar-refractivity contribution is 9.10. The van der Waals surface area contributed by atoms with Gasteiger partial charge < -0.3 is 14.1 Å². The number of hydrogen-bond acceptors (Lipinski definition) is 5. The van der Waals surface area contributed by atoms with Crippen LogP contribution in [0.4, 0.5) is 13.2 Å². The maximum absolute atomic E-state index is 12.7. The number of halogens is 4. The van der Waals surface area contributed by atoms with Gasteiger partial charge in [-0.05, 0) is 47.0 Å². The predicted octanol–water partition coefficient (Wildman–Crippen LogP) is 3.53. The van der Waals surface area contributed by atoms with E-state index in [-0.39, 0.29) is 24.2 Å². The Morgan fingerprint density at radius 1 is 1.36 bits per heavy atom. The van der Waals surface area contributed by atoms with Gasteiger partial charge in [0, 0.05) is 12.7 Å².